The first-order valence-corrected chi connectivity index (χ1v) is 9.22. The number of carbonyl (C=O) groups excluding carboxylic acids is 1. The summed E-state index contributed by atoms with van der Waals surface area (Å²) in [6.07, 6.45) is 1.70. The van der Waals surface area contributed by atoms with Gasteiger partial charge in [0.1, 0.15) is 0 Å². The highest BCUT2D eigenvalue weighted by Gasteiger charge is 2.32. The molecular weight excluding hydrogens is 375 g/mol. The zero-order valence-corrected chi connectivity index (χ0v) is 16.0. The number of rotatable bonds is 4. The molecular formula is C15H22Cl2N2O4S. The Morgan fingerprint density at radius 3 is 2.67 bits per heavy atom. The Bertz CT molecular complexity index is 695. The fourth-order valence-electron chi connectivity index (χ4n) is 2.70. The quantitative estimate of drug-likeness (QED) is 0.788. The smallest absolute Gasteiger partial charge is 0.339 e. The summed E-state index contributed by atoms with van der Waals surface area (Å²) in [5.41, 5.74) is 6.05. The van der Waals surface area contributed by atoms with Gasteiger partial charge in [0.2, 0.25) is 10.0 Å². The van der Waals surface area contributed by atoms with Gasteiger partial charge in [0.05, 0.1) is 22.6 Å². The van der Waals surface area contributed by atoms with E-state index < -0.39 is 16.0 Å². The van der Waals surface area contributed by atoms with E-state index in [-0.39, 0.29) is 39.8 Å². The number of piperidine rings is 1. The van der Waals surface area contributed by atoms with Gasteiger partial charge < -0.3 is 10.5 Å². The molecule has 1 heterocycles. The van der Waals surface area contributed by atoms with Gasteiger partial charge in [-0.05, 0) is 43.9 Å². The number of sulfonamides is 1. The van der Waals surface area contributed by atoms with Crippen LogP contribution in [0.25, 0.3) is 0 Å². The molecule has 1 aromatic carbocycles. The third-order valence-corrected chi connectivity index (χ3v) is 6.32. The van der Waals surface area contributed by atoms with E-state index in [1.54, 1.807) is 0 Å². The maximum atomic E-state index is 12.8. The third-order valence-electron chi connectivity index (χ3n) is 4.15. The monoisotopic (exact) mass is 396 g/mol. The van der Waals surface area contributed by atoms with Gasteiger partial charge in [-0.15, -0.1) is 12.4 Å². The van der Waals surface area contributed by atoms with Crippen molar-refractivity contribution in [3.8, 4) is 0 Å². The molecule has 2 N–H and O–H groups in total. The Balaban J connectivity index is 0.00000288. The van der Waals surface area contributed by atoms with Crippen molar-refractivity contribution in [3.05, 3.63) is 28.8 Å². The summed E-state index contributed by atoms with van der Waals surface area (Å²) in [6, 6.07) is 3.98. The molecule has 1 aliphatic rings. The van der Waals surface area contributed by atoms with E-state index in [1.807, 2.05) is 6.92 Å². The molecule has 136 valence electrons. The van der Waals surface area contributed by atoms with Crippen LogP contribution in [0, 0.1) is 5.92 Å². The van der Waals surface area contributed by atoms with Crippen LogP contribution >= 0.6 is 24.0 Å². The Labute approximate surface area is 153 Å². The molecule has 9 heteroatoms. The number of methoxy groups -OCH3 is 1. The van der Waals surface area contributed by atoms with Crippen molar-refractivity contribution in [2.24, 2.45) is 11.7 Å². The molecule has 2 rings (SSSR count). The van der Waals surface area contributed by atoms with E-state index in [9.17, 15) is 13.2 Å². The maximum Gasteiger partial charge on any atom is 0.339 e. The summed E-state index contributed by atoms with van der Waals surface area (Å²) in [4.78, 5) is 11.6. The number of nitrogens with zero attached hydrogens (tertiary/aromatic N) is 1. The van der Waals surface area contributed by atoms with Gasteiger partial charge in [-0.2, -0.15) is 4.31 Å². The molecule has 24 heavy (non-hydrogen) atoms. The van der Waals surface area contributed by atoms with Gasteiger partial charge in [-0.25, -0.2) is 13.2 Å². The molecule has 1 fully saturated rings. The van der Waals surface area contributed by atoms with Crippen LogP contribution in [0.2, 0.25) is 5.02 Å². The summed E-state index contributed by atoms with van der Waals surface area (Å²) in [5, 5.41) is 0.0543. The van der Waals surface area contributed by atoms with Crippen molar-refractivity contribution in [2.45, 2.75) is 30.7 Å². The number of nitrogens with two attached hydrogens (primary N) is 1. The van der Waals surface area contributed by atoms with E-state index in [0.717, 1.165) is 12.8 Å². The third kappa shape index (κ3) is 4.40. The van der Waals surface area contributed by atoms with E-state index >= 15 is 0 Å². The Kier molecular flexibility index (Phi) is 7.49. The van der Waals surface area contributed by atoms with Gasteiger partial charge in [-0.1, -0.05) is 11.6 Å². The Morgan fingerprint density at radius 1 is 1.46 bits per heavy atom. The average molecular weight is 397 g/mol. The van der Waals surface area contributed by atoms with E-state index in [2.05, 4.69) is 4.74 Å². The van der Waals surface area contributed by atoms with Crippen LogP contribution in [0.15, 0.2) is 23.1 Å². The maximum absolute atomic E-state index is 12.8. The van der Waals surface area contributed by atoms with Gasteiger partial charge in [0.15, 0.2) is 0 Å². The lowest BCUT2D eigenvalue weighted by atomic mass is 9.93. The fourth-order valence-corrected chi connectivity index (χ4v) is 4.59. The number of hydrogen-bond acceptors (Lipinski definition) is 5. The van der Waals surface area contributed by atoms with Crippen molar-refractivity contribution in [1.29, 1.82) is 0 Å². The molecule has 0 spiro atoms. The van der Waals surface area contributed by atoms with Gasteiger partial charge >= 0.3 is 5.97 Å². The molecule has 0 amide bonds. The number of halogens is 2. The zero-order chi connectivity index (χ0) is 17.2. The average Bonchev–Trinajstić information content (AvgIpc) is 2.54. The van der Waals surface area contributed by atoms with Crippen LogP contribution in [-0.2, 0) is 14.8 Å². The van der Waals surface area contributed by atoms with E-state index in [0.29, 0.717) is 13.1 Å². The molecule has 0 bridgehead atoms. The van der Waals surface area contributed by atoms with Gasteiger partial charge in [-0.3, -0.25) is 0 Å². The largest absolute Gasteiger partial charge is 0.465 e. The molecule has 1 aromatic rings. The van der Waals surface area contributed by atoms with Crippen LogP contribution in [0.3, 0.4) is 0 Å². The summed E-state index contributed by atoms with van der Waals surface area (Å²) in [6.45, 7) is 2.75. The van der Waals surface area contributed by atoms with Crippen molar-refractivity contribution in [1.82, 2.24) is 4.31 Å². The van der Waals surface area contributed by atoms with Crippen molar-refractivity contribution >= 4 is 40.0 Å². The number of hydrogen-bond donors (Lipinski definition) is 1. The molecule has 0 aromatic heterocycles. The second-order valence-corrected chi connectivity index (χ2v) is 8.10. The van der Waals surface area contributed by atoms with Crippen LogP contribution in [0.1, 0.15) is 30.1 Å². The first kappa shape index (κ1) is 21.2. The van der Waals surface area contributed by atoms with Gasteiger partial charge in [0, 0.05) is 19.1 Å². The first-order valence-electron chi connectivity index (χ1n) is 7.41. The molecule has 0 saturated carbocycles. The summed E-state index contributed by atoms with van der Waals surface area (Å²) >= 11 is 6.02. The molecule has 0 radical (unpaired) electrons. The van der Waals surface area contributed by atoms with Crippen molar-refractivity contribution in [3.63, 3.8) is 0 Å². The van der Waals surface area contributed by atoms with Crippen molar-refractivity contribution < 1.29 is 17.9 Å². The fraction of sp³-hybridized carbons (Fsp3) is 0.533. The molecule has 0 aliphatic carbocycles. The number of esters is 1. The minimum absolute atomic E-state index is 0. The highest BCUT2D eigenvalue weighted by Crippen LogP contribution is 2.28. The van der Waals surface area contributed by atoms with Crippen LogP contribution in [0.4, 0.5) is 0 Å². The highest BCUT2D eigenvalue weighted by atomic mass is 35.5. The number of benzene rings is 1. The standard InChI is InChI=1S/C15H21ClN2O4S.ClH/c1-10(17)11-4-3-7-18(9-11)23(20,21)12-5-6-13(14(16)8-12)15(19)22-2;/h5-6,8,10-11H,3-4,7,9,17H2,1-2H3;1H. The molecule has 1 aliphatic heterocycles. The lowest BCUT2D eigenvalue weighted by Gasteiger charge is -2.33. The molecule has 6 nitrogen and oxygen atoms in total. The minimum atomic E-state index is -3.66. The second-order valence-electron chi connectivity index (χ2n) is 5.76. The highest BCUT2D eigenvalue weighted by molar-refractivity contribution is 7.89. The van der Waals surface area contributed by atoms with Crippen LogP contribution in [-0.4, -0.2) is 44.9 Å². The van der Waals surface area contributed by atoms with Gasteiger partial charge in [0.25, 0.3) is 0 Å². The SMILES string of the molecule is COC(=O)c1ccc(S(=O)(=O)N2CCCC(C(C)N)C2)cc1Cl.Cl. The lowest BCUT2D eigenvalue weighted by Crippen LogP contribution is -2.44. The zero-order valence-electron chi connectivity index (χ0n) is 13.6. The molecule has 2 unspecified atom stereocenters. The lowest BCUT2D eigenvalue weighted by molar-refractivity contribution is 0.0601. The minimum Gasteiger partial charge on any atom is -0.465 e. The second kappa shape index (κ2) is 8.49. The number of carbonyl (C=O) groups is 1. The molecule has 1 saturated heterocycles. The Morgan fingerprint density at radius 2 is 2.12 bits per heavy atom. The Hall–Kier alpha value is -0.860. The van der Waals surface area contributed by atoms with Crippen molar-refractivity contribution in [2.75, 3.05) is 20.2 Å². The normalized spacial score (nSPS) is 20.1. The summed E-state index contributed by atoms with van der Waals surface area (Å²) in [7, 11) is -2.42. The predicted molar refractivity (Wildman–Crippen MR) is 95.2 cm³/mol. The topological polar surface area (TPSA) is 89.7 Å². The van der Waals surface area contributed by atoms with Crippen LogP contribution in [0.5, 0.6) is 0 Å². The van der Waals surface area contributed by atoms with E-state index in [4.69, 9.17) is 17.3 Å². The summed E-state index contributed by atoms with van der Waals surface area (Å²) in [5.74, 6) is -0.461. The summed E-state index contributed by atoms with van der Waals surface area (Å²) < 4.78 is 31.6. The number of ether oxygens (including phenoxy) is 1. The molecule has 2 atom stereocenters. The first-order chi connectivity index (χ1) is 10.8. The predicted octanol–water partition coefficient (Wildman–Crippen LogP) is 2.30. The van der Waals surface area contributed by atoms with E-state index in [1.165, 1.54) is 29.6 Å². The van der Waals surface area contributed by atoms with Crippen LogP contribution < -0.4 is 5.73 Å².